The van der Waals surface area contributed by atoms with Crippen LogP contribution in [-0.2, 0) is 12.7 Å². The second-order valence-corrected chi connectivity index (χ2v) is 12.1. The molecule has 0 atom stereocenters. The number of hydrogen-bond acceptors (Lipinski definition) is 3. The molecular formula is C9H24O3Si3. The highest BCUT2D eigenvalue weighted by Crippen LogP contribution is 2.18. The summed E-state index contributed by atoms with van der Waals surface area (Å²) >= 11 is 0. The van der Waals surface area contributed by atoms with E-state index in [1.165, 1.54) is 0 Å². The summed E-state index contributed by atoms with van der Waals surface area (Å²) in [6, 6.07) is 0.733. The van der Waals surface area contributed by atoms with Gasteiger partial charge in [-0.2, -0.15) is 0 Å². The minimum absolute atomic E-state index is 0.655. The third-order valence-electron chi connectivity index (χ3n) is 1.59. The summed E-state index contributed by atoms with van der Waals surface area (Å²) in [5, 5.41) is 0. The average molecular weight is 265 g/mol. The smallest absolute Gasteiger partial charge is 0.419 e. The Labute approximate surface area is 98.3 Å². The molecule has 0 unspecified atom stereocenters. The van der Waals surface area contributed by atoms with Gasteiger partial charge in [-0.3, -0.25) is 0 Å². The monoisotopic (exact) mass is 264 g/mol. The van der Waals surface area contributed by atoms with Crippen molar-refractivity contribution in [2.75, 3.05) is 6.61 Å². The van der Waals surface area contributed by atoms with Crippen molar-refractivity contribution in [3.05, 3.63) is 12.7 Å². The molecule has 0 spiro atoms. The van der Waals surface area contributed by atoms with E-state index in [0.29, 0.717) is 6.61 Å². The lowest BCUT2D eigenvalue weighted by molar-refractivity contribution is 0.179. The van der Waals surface area contributed by atoms with Gasteiger partial charge in [0.15, 0.2) is 18.1 Å². The second kappa shape index (κ2) is 7.53. The predicted molar refractivity (Wildman–Crippen MR) is 72.3 cm³/mol. The molecule has 0 saturated carbocycles. The summed E-state index contributed by atoms with van der Waals surface area (Å²) in [6.07, 6.45) is 1.86. The van der Waals surface area contributed by atoms with Crippen molar-refractivity contribution in [2.24, 2.45) is 0 Å². The lowest BCUT2D eigenvalue weighted by Gasteiger charge is -2.32. The van der Waals surface area contributed by atoms with Gasteiger partial charge in [0.25, 0.3) is 0 Å². The fraction of sp³-hybridized carbons (Fsp3) is 0.778. The van der Waals surface area contributed by atoms with Crippen LogP contribution in [0, 0.1) is 0 Å². The first-order valence-electron chi connectivity index (χ1n) is 5.56. The minimum atomic E-state index is -2.42. The van der Waals surface area contributed by atoms with Crippen LogP contribution in [-0.4, -0.2) is 33.5 Å². The quantitative estimate of drug-likeness (QED) is 0.497. The highest BCUT2D eigenvalue weighted by atomic mass is 28.5. The molecule has 3 nitrogen and oxygen atoms in total. The van der Waals surface area contributed by atoms with Crippen LogP contribution in [0.4, 0.5) is 0 Å². The molecule has 0 fully saturated rings. The Morgan fingerprint density at radius 1 is 1.13 bits per heavy atom. The zero-order chi connectivity index (χ0) is 11.9. The fourth-order valence-corrected chi connectivity index (χ4v) is 10.1. The maximum atomic E-state index is 6.03. The van der Waals surface area contributed by atoms with E-state index in [1.807, 2.05) is 13.0 Å². The van der Waals surface area contributed by atoms with E-state index >= 15 is 0 Å². The van der Waals surface area contributed by atoms with E-state index < -0.39 is 26.9 Å². The van der Waals surface area contributed by atoms with Gasteiger partial charge in [0, 0.05) is 12.7 Å². The van der Waals surface area contributed by atoms with Crippen LogP contribution in [0.2, 0.25) is 32.2 Å². The Balaban J connectivity index is 4.62. The Morgan fingerprint density at radius 3 is 1.87 bits per heavy atom. The molecule has 0 radical (unpaired) electrons. The lowest BCUT2D eigenvalue weighted by atomic mass is 10.8. The highest BCUT2D eigenvalue weighted by molar-refractivity contribution is 6.76. The Bertz CT molecular complexity index is 175. The third kappa shape index (κ3) is 6.44. The Hall–Kier alpha value is 0.271. The van der Waals surface area contributed by atoms with Crippen molar-refractivity contribution in [3.63, 3.8) is 0 Å². The molecule has 0 amide bonds. The number of hydrogen-bond donors (Lipinski definition) is 0. The molecular weight excluding hydrogens is 240 g/mol. The zero-order valence-corrected chi connectivity index (χ0v) is 13.9. The average Bonchev–Trinajstić information content (AvgIpc) is 2.01. The van der Waals surface area contributed by atoms with Gasteiger partial charge >= 0.3 is 8.80 Å². The molecule has 90 valence electrons. The maximum Gasteiger partial charge on any atom is 0.483 e. The van der Waals surface area contributed by atoms with Crippen molar-refractivity contribution in [3.8, 4) is 0 Å². The molecule has 6 heteroatoms. The van der Waals surface area contributed by atoms with Crippen LogP contribution >= 0.6 is 0 Å². The zero-order valence-electron chi connectivity index (χ0n) is 10.6. The molecule has 0 aliphatic rings. The molecule has 15 heavy (non-hydrogen) atoms. The van der Waals surface area contributed by atoms with Crippen LogP contribution in [0.5, 0.6) is 0 Å². The van der Waals surface area contributed by atoms with Crippen LogP contribution in [0.1, 0.15) is 6.92 Å². The second-order valence-electron chi connectivity index (χ2n) is 3.94. The Kier molecular flexibility index (Phi) is 7.66. The molecule has 0 aliphatic heterocycles. The van der Waals surface area contributed by atoms with E-state index in [9.17, 15) is 0 Å². The van der Waals surface area contributed by atoms with Crippen LogP contribution in [0.15, 0.2) is 12.7 Å². The van der Waals surface area contributed by atoms with E-state index in [-0.39, 0.29) is 0 Å². The molecule has 0 saturated heterocycles. The molecule has 0 bridgehead atoms. The van der Waals surface area contributed by atoms with Crippen molar-refractivity contribution >= 4 is 26.9 Å². The summed E-state index contributed by atoms with van der Waals surface area (Å²) < 4.78 is 17.8. The third-order valence-corrected chi connectivity index (χ3v) is 9.75. The molecule has 0 N–H and O–H groups in total. The summed E-state index contributed by atoms with van der Waals surface area (Å²) in [5.41, 5.74) is 0. The lowest BCUT2D eigenvalue weighted by Crippen LogP contribution is -2.50. The van der Waals surface area contributed by atoms with Crippen LogP contribution < -0.4 is 0 Å². The van der Waals surface area contributed by atoms with Crippen molar-refractivity contribution in [2.45, 2.75) is 39.2 Å². The standard InChI is InChI=1S/C9H24O3Si3/c1-7-9-15(10-8-2,11-13(3)4)12-14(5)6/h7,13-14H,1,8-9H2,2-6H3. The fourth-order valence-electron chi connectivity index (χ4n) is 1.37. The first-order valence-corrected chi connectivity index (χ1v) is 13.1. The van der Waals surface area contributed by atoms with Gasteiger partial charge in [0.2, 0.25) is 0 Å². The van der Waals surface area contributed by atoms with Gasteiger partial charge in [0.1, 0.15) is 0 Å². The number of allylic oxidation sites excluding steroid dienone is 1. The minimum Gasteiger partial charge on any atom is -0.419 e. The normalized spacial score (nSPS) is 12.5. The SMILES string of the molecule is C=CC[Si](OCC)(O[SiH](C)C)O[SiH](C)C. The van der Waals surface area contributed by atoms with Crippen LogP contribution in [0.3, 0.4) is 0 Å². The van der Waals surface area contributed by atoms with Crippen molar-refractivity contribution in [1.82, 2.24) is 0 Å². The van der Waals surface area contributed by atoms with Gasteiger partial charge in [-0.25, -0.2) is 0 Å². The molecule has 0 rings (SSSR count). The molecule has 0 aromatic heterocycles. The summed E-state index contributed by atoms with van der Waals surface area (Å²) in [6.45, 7) is 15.0. The summed E-state index contributed by atoms with van der Waals surface area (Å²) in [7, 11) is -4.68. The summed E-state index contributed by atoms with van der Waals surface area (Å²) in [5.74, 6) is 0. The molecule has 0 aromatic carbocycles. The summed E-state index contributed by atoms with van der Waals surface area (Å²) in [4.78, 5) is 0. The van der Waals surface area contributed by atoms with Gasteiger partial charge in [0.05, 0.1) is 0 Å². The number of rotatable bonds is 8. The van der Waals surface area contributed by atoms with Gasteiger partial charge < -0.3 is 12.7 Å². The van der Waals surface area contributed by atoms with Crippen LogP contribution in [0.25, 0.3) is 0 Å². The molecule has 0 aliphatic carbocycles. The molecule has 0 aromatic rings. The highest BCUT2D eigenvalue weighted by Gasteiger charge is 2.40. The Morgan fingerprint density at radius 2 is 1.60 bits per heavy atom. The predicted octanol–water partition coefficient (Wildman–Crippen LogP) is 2.15. The maximum absolute atomic E-state index is 6.03. The van der Waals surface area contributed by atoms with E-state index in [0.717, 1.165) is 6.04 Å². The van der Waals surface area contributed by atoms with Gasteiger partial charge in [-0.05, 0) is 33.1 Å². The topological polar surface area (TPSA) is 27.7 Å². The first-order chi connectivity index (χ1) is 6.95. The molecule has 0 heterocycles. The van der Waals surface area contributed by atoms with Gasteiger partial charge in [-0.1, -0.05) is 6.08 Å². The van der Waals surface area contributed by atoms with E-state index in [2.05, 4.69) is 32.8 Å². The van der Waals surface area contributed by atoms with E-state index in [1.54, 1.807) is 0 Å². The van der Waals surface area contributed by atoms with E-state index in [4.69, 9.17) is 12.7 Å². The van der Waals surface area contributed by atoms with Crippen molar-refractivity contribution in [1.29, 1.82) is 0 Å². The largest absolute Gasteiger partial charge is 0.483 e. The first kappa shape index (κ1) is 15.3. The van der Waals surface area contributed by atoms with Crippen molar-refractivity contribution < 1.29 is 12.7 Å². The van der Waals surface area contributed by atoms with Gasteiger partial charge in [-0.15, -0.1) is 6.58 Å².